The topological polar surface area (TPSA) is 55.1 Å². The SMILES string of the molecule is CC(CC(N)=S)NC(=O)Cc1c(F)cccc1F. The molecule has 1 atom stereocenters. The summed E-state index contributed by atoms with van der Waals surface area (Å²) in [6, 6.07) is 3.22. The molecule has 0 saturated heterocycles. The van der Waals surface area contributed by atoms with E-state index in [1.54, 1.807) is 6.92 Å². The Bertz CT molecular complexity index is 445. The van der Waals surface area contributed by atoms with Crippen molar-refractivity contribution in [3.8, 4) is 0 Å². The molecule has 6 heteroatoms. The summed E-state index contributed by atoms with van der Waals surface area (Å²) in [5, 5.41) is 2.57. The Morgan fingerprint density at radius 3 is 2.50 bits per heavy atom. The maximum absolute atomic E-state index is 13.3. The summed E-state index contributed by atoms with van der Waals surface area (Å²) in [7, 11) is 0. The van der Waals surface area contributed by atoms with E-state index < -0.39 is 17.5 Å². The Labute approximate surface area is 109 Å². The van der Waals surface area contributed by atoms with E-state index in [9.17, 15) is 13.6 Å². The van der Waals surface area contributed by atoms with Crippen molar-refractivity contribution in [3.63, 3.8) is 0 Å². The van der Waals surface area contributed by atoms with Crippen LogP contribution in [0.2, 0.25) is 0 Å². The minimum Gasteiger partial charge on any atom is -0.393 e. The molecule has 0 fully saturated rings. The van der Waals surface area contributed by atoms with Crippen LogP contribution in [0.25, 0.3) is 0 Å². The predicted octanol–water partition coefficient (Wildman–Crippen LogP) is 1.69. The molecule has 0 aliphatic heterocycles. The summed E-state index contributed by atoms with van der Waals surface area (Å²) >= 11 is 4.70. The first-order chi connectivity index (χ1) is 8.40. The van der Waals surface area contributed by atoms with Crippen molar-refractivity contribution in [2.45, 2.75) is 25.8 Å². The van der Waals surface area contributed by atoms with Crippen LogP contribution in [0.3, 0.4) is 0 Å². The van der Waals surface area contributed by atoms with E-state index in [0.717, 1.165) is 12.1 Å². The third kappa shape index (κ3) is 4.37. The second kappa shape index (κ2) is 6.39. The lowest BCUT2D eigenvalue weighted by Gasteiger charge is -2.13. The molecular formula is C12H14F2N2OS. The first kappa shape index (κ1) is 14.5. The molecule has 1 unspecified atom stereocenters. The zero-order valence-corrected chi connectivity index (χ0v) is 10.7. The molecule has 3 nitrogen and oxygen atoms in total. The Kier molecular flexibility index (Phi) is 5.15. The van der Waals surface area contributed by atoms with Gasteiger partial charge in [0.25, 0.3) is 0 Å². The average Bonchev–Trinajstić information content (AvgIpc) is 2.22. The van der Waals surface area contributed by atoms with Crippen molar-refractivity contribution >= 4 is 23.1 Å². The monoisotopic (exact) mass is 272 g/mol. The molecule has 0 bridgehead atoms. The number of benzene rings is 1. The van der Waals surface area contributed by atoms with Gasteiger partial charge < -0.3 is 11.1 Å². The number of carbonyl (C=O) groups is 1. The molecule has 0 heterocycles. The standard InChI is InChI=1S/C12H14F2N2OS/c1-7(5-11(15)18)16-12(17)6-8-9(13)3-2-4-10(8)14/h2-4,7H,5-6H2,1H3,(H2,15,18)(H,16,17). The van der Waals surface area contributed by atoms with Crippen LogP contribution < -0.4 is 11.1 Å². The number of halogens is 2. The molecule has 0 aromatic heterocycles. The Hall–Kier alpha value is -1.56. The summed E-state index contributed by atoms with van der Waals surface area (Å²) in [5.41, 5.74) is 5.09. The number of amides is 1. The highest BCUT2D eigenvalue weighted by atomic mass is 32.1. The van der Waals surface area contributed by atoms with Crippen LogP contribution in [0.15, 0.2) is 18.2 Å². The molecule has 3 N–H and O–H groups in total. The molecule has 0 aliphatic carbocycles. The number of nitrogens with one attached hydrogen (secondary N) is 1. The van der Waals surface area contributed by atoms with E-state index in [1.807, 2.05) is 0 Å². The fraction of sp³-hybridized carbons (Fsp3) is 0.333. The van der Waals surface area contributed by atoms with Gasteiger partial charge in [-0.25, -0.2) is 8.78 Å². The molecule has 0 spiro atoms. The second-order valence-electron chi connectivity index (χ2n) is 4.02. The predicted molar refractivity (Wildman–Crippen MR) is 69.1 cm³/mol. The summed E-state index contributed by atoms with van der Waals surface area (Å²) < 4.78 is 26.6. The summed E-state index contributed by atoms with van der Waals surface area (Å²) in [5.74, 6) is -1.93. The zero-order chi connectivity index (χ0) is 13.7. The lowest BCUT2D eigenvalue weighted by atomic mass is 10.1. The molecule has 1 rings (SSSR count). The molecular weight excluding hydrogens is 258 g/mol. The summed E-state index contributed by atoms with van der Waals surface area (Å²) in [4.78, 5) is 11.9. The van der Waals surface area contributed by atoms with Crippen molar-refractivity contribution in [1.82, 2.24) is 5.32 Å². The summed E-state index contributed by atoms with van der Waals surface area (Å²) in [6.45, 7) is 1.72. The van der Waals surface area contributed by atoms with Gasteiger partial charge in [0.1, 0.15) is 11.6 Å². The van der Waals surface area contributed by atoms with Gasteiger partial charge in [0.05, 0.1) is 11.4 Å². The van der Waals surface area contributed by atoms with Crippen molar-refractivity contribution in [3.05, 3.63) is 35.4 Å². The van der Waals surface area contributed by atoms with Crippen LogP contribution in [0.4, 0.5) is 8.78 Å². The molecule has 0 aliphatic rings. The van der Waals surface area contributed by atoms with Gasteiger partial charge in [0.2, 0.25) is 5.91 Å². The third-order valence-electron chi connectivity index (χ3n) is 2.31. The first-order valence-electron chi connectivity index (χ1n) is 5.40. The number of carbonyl (C=O) groups excluding carboxylic acids is 1. The van der Waals surface area contributed by atoms with E-state index in [0.29, 0.717) is 6.42 Å². The van der Waals surface area contributed by atoms with Crippen LogP contribution in [-0.2, 0) is 11.2 Å². The van der Waals surface area contributed by atoms with Gasteiger partial charge in [0.15, 0.2) is 0 Å². The number of hydrogen-bond donors (Lipinski definition) is 2. The minimum atomic E-state index is -0.729. The third-order valence-corrected chi connectivity index (χ3v) is 2.48. The van der Waals surface area contributed by atoms with E-state index in [4.69, 9.17) is 18.0 Å². The molecule has 18 heavy (non-hydrogen) atoms. The van der Waals surface area contributed by atoms with E-state index in [1.165, 1.54) is 6.07 Å². The Morgan fingerprint density at radius 2 is 2.00 bits per heavy atom. The van der Waals surface area contributed by atoms with Crippen LogP contribution in [0.1, 0.15) is 18.9 Å². The molecule has 98 valence electrons. The summed E-state index contributed by atoms with van der Waals surface area (Å²) in [6.07, 6.45) is 0.000999. The van der Waals surface area contributed by atoms with Crippen molar-refractivity contribution in [1.29, 1.82) is 0 Å². The maximum atomic E-state index is 13.3. The lowest BCUT2D eigenvalue weighted by Crippen LogP contribution is -2.36. The van der Waals surface area contributed by atoms with E-state index in [2.05, 4.69) is 5.32 Å². The normalized spacial score (nSPS) is 11.9. The van der Waals surface area contributed by atoms with E-state index >= 15 is 0 Å². The van der Waals surface area contributed by atoms with E-state index in [-0.39, 0.29) is 23.0 Å². The van der Waals surface area contributed by atoms with Crippen molar-refractivity contribution in [2.24, 2.45) is 5.73 Å². The second-order valence-corrected chi connectivity index (χ2v) is 4.54. The number of hydrogen-bond acceptors (Lipinski definition) is 2. The van der Waals surface area contributed by atoms with Gasteiger partial charge in [-0.15, -0.1) is 0 Å². The van der Waals surface area contributed by atoms with Gasteiger partial charge in [-0.1, -0.05) is 18.3 Å². The molecule has 0 radical (unpaired) electrons. The molecule has 1 amide bonds. The van der Waals surface area contributed by atoms with Crippen LogP contribution in [0, 0.1) is 11.6 Å². The number of nitrogens with two attached hydrogens (primary N) is 1. The van der Waals surface area contributed by atoms with Crippen molar-refractivity contribution < 1.29 is 13.6 Å². The highest BCUT2D eigenvalue weighted by Gasteiger charge is 2.14. The smallest absolute Gasteiger partial charge is 0.224 e. The van der Waals surface area contributed by atoms with Crippen LogP contribution >= 0.6 is 12.2 Å². The lowest BCUT2D eigenvalue weighted by molar-refractivity contribution is -0.121. The average molecular weight is 272 g/mol. The van der Waals surface area contributed by atoms with Crippen LogP contribution in [0.5, 0.6) is 0 Å². The van der Waals surface area contributed by atoms with Gasteiger partial charge >= 0.3 is 0 Å². The van der Waals surface area contributed by atoms with Gasteiger partial charge in [0, 0.05) is 18.0 Å². The highest BCUT2D eigenvalue weighted by Crippen LogP contribution is 2.12. The van der Waals surface area contributed by atoms with Crippen molar-refractivity contribution in [2.75, 3.05) is 0 Å². The number of rotatable bonds is 5. The highest BCUT2D eigenvalue weighted by molar-refractivity contribution is 7.80. The van der Waals surface area contributed by atoms with Gasteiger partial charge in [-0.2, -0.15) is 0 Å². The zero-order valence-electron chi connectivity index (χ0n) is 9.87. The quantitative estimate of drug-likeness (QED) is 0.802. The Morgan fingerprint density at radius 1 is 1.44 bits per heavy atom. The maximum Gasteiger partial charge on any atom is 0.224 e. The molecule has 1 aromatic carbocycles. The molecule has 1 aromatic rings. The first-order valence-corrected chi connectivity index (χ1v) is 5.81. The fourth-order valence-electron chi connectivity index (χ4n) is 1.54. The largest absolute Gasteiger partial charge is 0.393 e. The molecule has 0 saturated carbocycles. The van der Waals surface area contributed by atoms with Gasteiger partial charge in [-0.3, -0.25) is 4.79 Å². The number of thiocarbonyl (C=S) groups is 1. The Balaban J connectivity index is 2.62. The fourth-order valence-corrected chi connectivity index (χ4v) is 1.79. The van der Waals surface area contributed by atoms with Gasteiger partial charge in [-0.05, 0) is 19.1 Å². The minimum absolute atomic E-state index is 0.238. The van der Waals surface area contributed by atoms with Crippen LogP contribution in [-0.4, -0.2) is 16.9 Å².